The van der Waals surface area contributed by atoms with Crippen molar-refractivity contribution in [2.75, 3.05) is 0 Å². The van der Waals surface area contributed by atoms with Crippen molar-refractivity contribution in [3.8, 4) is 67.9 Å². The molecule has 0 aliphatic carbocycles. The van der Waals surface area contributed by atoms with Gasteiger partial charge in [0, 0.05) is 27.6 Å². The molecule has 0 N–H and O–H groups in total. The number of hydrogen-bond donors (Lipinski definition) is 0. The van der Waals surface area contributed by atoms with Crippen LogP contribution in [0.5, 0.6) is 0 Å². The van der Waals surface area contributed by atoms with Crippen LogP contribution >= 0.6 is 0 Å². The smallest absolute Gasteiger partial charge is 0.227 e. The molecule has 280 valence electrons. The van der Waals surface area contributed by atoms with Crippen LogP contribution in [0, 0.1) is 0 Å². The highest BCUT2D eigenvalue weighted by Gasteiger charge is 2.23. The highest BCUT2D eigenvalue weighted by atomic mass is 16.4. The van der Waals surface area contributed by atoms with Gasteiger partial charge in [-0.3, -0.25) is 0 Å². The molecule has 0 radical (unpaired) electrons. The summed E-state index contributed by atoms with van der Waals surface area (Å²) in [5.74, 6) is 2.28. The summed E-state index contributed by atoms with van der Waals surface area (Å²) in [6.45, 7) is 0. The Morgan fingerprint density at radius 3 is 1.70 bits per heavy atom. The lowest BCUT2D eigenvalue weighted by atomic mass is 9.94. The predicted octanol–water partition coefficient (Wildman–Crippen LogP) is 14.2. The van der Waals surface area contributed by atoms with Crippen LogP contribution in [0.3, 0.4) is 0 Å². The summed E-state index contributed by atoms with van der Waals surface area (Å²) < 4.78 is 13.2. The second-order valence-electron chi connectivity index (χ2n) is 14.9. The van der Waals surface area contributed by atoms with Crippen LogP contribution in [0.15, 0.2) is 203 Å². The molecule has 9 aromatic carbocycles. The zero-order valence-corrected chi connectivity index (χ0v) is 32.1. The highest BCUT2D eigenvalue weighted by Crippen LogP contribution is 2.44. The van der Waals surface area contributed by atoms with Crippen molar-refractivity contribution in [1.82, 2.24) is 19.9 Å². The largest absolute Gasteiger partial charge is 0.456 e. The van der Waals surface area contributed by atoms with E-state index in [0.717, 1.165) is 82.3 Å². The lowest BCUT2D eigenvalue weighted by Crippen LogP contribution is -2.02. The van der Waals surface area contributed by atoms with Crippen LogP contribution in [0.25, 0.3) is 122 Å². The summed E-state index contributed by atoms with van der Waals surface area (Å²) >= 11 is 0. The molecule has 0 atom stereocenters. The van der Waals surface area contributed by atoms with Gasteiger partial charge in [0.15, 0.2) is 23.1 Å². The van der Waals surface area contributed by atoms with Crippen LogP contribution in [-0.4, -0.2) is 19.9 Å². The zero-order valence-electron chi connectivity index (χ0n) is 32.1. The molecule has 0 aliphatic heterocycles. The second-order valence-corrected chi connectivity index (χ2v) is 14.9. The Labute approximate surface area is 344 Å². The van der Waals surface area contributed by atoms with Gasteiger partial charge in [-0.25, -0.2) is 19.9 Å². The Bertz CT molecular complexity index is 3590. The first-order chi connectivity index (χ1) is 29.7. The van der Waals surface area contributed by atoms with Gasteiger partial charge in [-0.1, -0.05) is 152 Å². The van der Waals surface area contributed by atoms with Gasteiger partial charge in [0.25, 0.3) is 0 Å². The van der Waals surface area contributed by atoms with E-state index in [1.165, 1.54) is 0 Å². The van der Waals surface area contributed by atoms with Gasteiger partial charge in [0.2, 0.25) is 5.89 Å². The molecule has 6 nitrogen and oxygen atoms in total. The van der Waals surface area contributed by atoms with Crippen LogP contribution in [-0.2, 0) is 0 Å². The molecule has 0 spiro atoms. The van der Waals surface area contributed by atoms with Crippen molar-refractivity contribution < 1.29 is 8.83 Å². The molecule has 6 heteroatoms. The van der Waals surface area contributed by atoms with Crippen LogP contribution in [0.2, 0.25) is 0 Å². The SMILES string of the molecule is c1ccc(-c2ccc(-c3nc(-c4cccc5ccccc45)nc(-c4cc5oc6ccc7nc(-c8ccccc8)oc7c6c5c5ccccc45)n3)c(-c3ccccc3)c2)cc1. The molecule has 0 saturated carbocycles. The minimum absolute atomic E-state index is 0.545. The summed E-state index contributed by atoms with van der Waals surface area (Å²) in [6.07, 6.45) is 0. The first-order valence-corrected chi connectivity index (χ1v) is 20.0. The van der Waals surface area contributed by atoms with E-state index in [2.05, 4.69) is 140 Å². The maximum Gasteiger partial charge on any atom is 0.227 e. The van der Waals surface area contributed by atoms with Gasteiger partial charge < -0.3 is 8.83 Å². The summed E-state index contributed by atoms with van der Waals surface area (Å²) in [4.78, 5) is 20.9. The third-order valence-corrected chi connectivity index (χ3v) is 11.4. The first-order valence-electron chi connectivity index (χ1n) is 20.0. The maximum absolute atomic E-state index is 6.71. The fourth-order valence-electron chi connectivity index (χ4n) is 8.56. The van der Waals surface area contributed by atoms with Crippen LogP contribution < -0.4 is 0 Å². The number of aromatic nitrogens is 4. The summed E-state index contributed by atoms with van der Waals surface area (Å²) in [5.41, 5.74) is 10.8. The number of rotatable bonds is 6. The molecule has 0 fully saturated rings. The van der Waals surface area contributed by atoms with Gasteiger partial charge in [0.1, 0.15) is 16.7 Å². The Hall–Kier alpha value is -8.22. The molecule has 0 bridgehead atoms. The number of furan rings is 1. The molecule has 3 heterocycles. The summed E-state index contributed by atoms with van der Waals surface area (Å²) in [6, 6.07) is 66.4. The number of fused-ring (bicyclic) bond motifs is 8. The maximum atomic E-state index is 6.71. The van der Waals surface area contributed by atoms with Crippen molar-refractivity contribution in [2.24, 2.45) is 0 Å². The van der Waals surface area contributed by atoms with Crippen molar-refractivity contribution in [3.05, 3.63) is 194 Å². The van der Waals surface area contributed by atoms with E-state index in [4.69, 9.17) is 28.8 Å². The third-order valence-electron chi connectivity index (χ3n) is 11.4. The average molecular weight is 769 g/mol. The molecule has 0 saturated heterocycles. The van der Waals surface area contributed by atoms with E-state index < -0.39 is 0 Å². The molecule has 3 aromatic heterocycles. The normalized spacial score (nSPS) is 11.7. The van der Waals surface area contributed by atoms with Gasteiger partial charge in [-0.05, 0) is 86.3 Å². The van der Waals surface area contributed by atoms with E-state index >= 15 is 0 Å². The molecule has 60 heavy (non-hydrogen) atoms. The number of hydrogen-bond acceptors (Lipinski definition) is 6. The fraction of sp³-hybridized carbons (Fsp3) is 0. The number of oxazole rings is 1. The standard InChI is InChI=1S/C54H32N4O2/c1-4-15-33(16-5-1)37-27-28-42(43(31-37)35-17-6-2-7-18-35)52-56-51(41-26-14-22-34-19-10-11-23-38(34)41)57-53(58-52)44-32-47-48(40-25-13-12-24-39(40)44)49-46(59-47)30-29-45-50(49)60-54(55-45)36-20-8-3-9-21-36/h1-32H. The fourth-order valence-corrected chi connectivity index (χ4v) is 8.56. The van der Waals surface area contributed by atoms with Crippen LogP contribution in [0.1, 0.15) is 0 Å². The molecular weight excluding hydrogens is 737 g/mol. The Morgan fingerprint density at radius 1 is 0.317 bits per heavy atom. The first kappa shape index (κ1) is 33.9. The van der Waals surface area contributed by atoms with E-state index in [1.54, 1.807) is 0 Å². The van der Waals surface area contributed by atoms with Crippen molar-refractivity contribution in [3.63, 3.8) is 0 Å². The minimum Gasteiger partial charge on any atom is -0.456 e. The summed E-state index contributed by atoms with van der Waals surface area (Å²) in [5, 5.41) is 6.00. The topological polar surface area (TPSA) is 77.8 Å². The summed E-state index contributed by atoms with van der Waals surface area (Å²) in [7, 11) is 0. The Kier molecular flexibility index (Phi) is 7.74. The van der Waals surface area contributed by atoms with Gasteiger partial charge >= 0.3 is 0 Å². The monoisotopic (exact) mass is 768 g/mol. The van der Waals surface area contributed by atoms with E-state index in [1.807, 2.05) is 54.6 Å². The zero-order chi connectivity index (χ0) is 39.6. The van der Waals surface area contributed by atoms with Crippen LogP contribution in [0.4, 0.5) is 0 Å². The molecular formula is C54H32N4O2. The minimum atomic E-state index is 0.545. The lowest BCUT2D eigenvalue weighted by Gasteiger charge is -2.15. The van der Waals surface area contributed by atoms with Crippen molar-refractivity contribution in [2.45, 2.75) is 0 Å². The molecule has 0 unspecified atom stereocenters. The average Bonchev–Trinajstić information content (AvgIpc) is 3.94. The molecule has 12 aromatic rings. The molecule has 12 rings (SSSR count). The quantitative estimate of drug-likeness (QED) is 0.168. The Morgan fingerprint density at radius 2 is 0.933 bits per heavy atom. The highest BCUT2D eigenvalue weighted by molar-refractivity contribution is 6.27. The third kappa shape index (κ3) is 5.57. The molecule has 0 aliphatic rings. The predicted molar refractivity (Wildman–Crippen MR) is 242 cm³/mol. The lowest BCUT2D eigenvalue weighted by molar-refractivity contribution is 0.622. The van der Waals surface area contributed by atoms with Crippen molar-refractivity contribution in [1.29, 1.82) is 0 Å². The van der Waals surface area contributed by atoms with Gasteiger partial charge in [0.05, 0.1) is 5.39 Å². The van der Waals surface area contributed by atoms with Crippen molar-refractivity contribution >= 4 is 54.6 Å². The van der Waals surface area contributed by atoms with Gasteiger partial charge in [-0.2, -0.15) is 0 Å². The van der Waals surface area contributed by atoms with E-state index in [0.29, 0.717) is 40.1 Å². The van der Waals surface area contributed by atoms with Gasteiger partial charge in [-0.15, -0.1) is 0 Å². The Balaban J connectivity index is 1.13. The number of nitrogens with zero attached hydrogens (tertiary/aromatic N) is 4. The van der Waals surface area contributed by atoms with E-state index in [-0.39, 0.29) is 0 Å². The number of benzene rings is 9. The van der Waals surface area contributed by atoms with E-state index in [9.17, 15) is 0 Å². The molecule has 0 amide bonds. The second kappa shape index (κ2) is 13.7.